The van der Waals surface area contributed by atoms with Crippen LogP contribution in [0.2, 0.25) is 0 Å². The first kappa shape index (κ1) is 16.4. The highest BCUT2D eigenvalue weighted by atomic mass is 16.6. The number of nitrogens with one attached hydrogen (secondary N) is 1. The Morgan fingerprint density at radius 1 is 1.26 bits per heavy atom. The summed E-state index contributed by atoms with van der Waals surface area (Å²) in [6, 6.07) is 12.0. The Morgan fingerprint density at radius 2 is 2.00 bits per heavy atom. The highest BCUT2D eigenvalue weighted by Crippen LogP contribution is 2.21. The normalized spacial score (nSPS) is 10.7. The van der Waals surface area contributed by atoms with Gasteiger partial charge in [-0.2, -0.15) is 0 Å². The Labute approximate surface area is 134 Å². The summed E-state index contributed by atoms with van der Waals surface area (Å²) in [5, 5.41) is 13.6. The first-order valence-electron chi connectivity index (χ1n) is 7.33. The van der Waals surface area contributed by atoms with E-state index >= 15 is 0 Å². The molecule has 0 atom stereocenters. The van der Waals surface area contributed by atoms with E-state index in [-0.39, 0.29) is 11.6 Å². The second-order valence-electron chi connectivity index (χ2n) is 5.14. The van der Waals surface area contributed by atoms with Gasteiger partial charge in [-0.3, -0.25) is 14.9 Å². The van der Waals surface area contributed by atoms with Gasteiger partial charge in [-0.1, -0.05) is 37.3 Å². The quantitative estimate of drug-likeness (QED) is 0.513. The van der Waals surface area contributed by atoms with Crippen molar-refractivity contribution in [1.82, 2.24) is 0 Å². The van der Waals surface area contributed by atoms with Crippen molar-refractivity contribution in [2.75, 3.05) is 5.32 Å². The Morgan fingerprint density at radius 3 is 2.70 bits per heavy atom. The fraction of sp³-hybridized carbons (Fsp3) is 0.167. The predicted molar refractivity (Wildman–Crippen MR) is 91.3 cm³/mol. The van der Waals surface area contributed by atoms with Crippen LogP contribution in [-0.4, -0.2) is 10.8 Å². The number of rotatable bonds is 5. The summed E-state index contributed by atoms with van der Waals surface area (Å²) in [6.45, 7) is 3.97. The molecular formula is C18H18N2O3. The van der Waals surface area contributed by atoms with Gasteiger partial charge < -0.3 is 5.32 Å². The van der Waals surface area contributed by atoms with Crippen molar-refractivity contribution < 1.29 is 9.72 Å². The third kappa shape index (κ3) is 4.26. The average molecular weight is 310 g/mol. The second-order valence-corrected chi connectivity index (χ2v) is 5.14. The minimum Gasteiger partial charge on any atom is -0.322 e. The molecule has 0 fully saturated rings. The zero-order valence-corrected chi connectivity index (χ0v) is 13.1. The molecular weight excluding hydrogens is 292 g/mol. The number of hydrogen-bond donors (Lipinski definition) is 1. The molecule has 0 aliphatic rings. The fourth-order valence-corrected chi connectivity index (χ4v) is 2.28. The Bertz CT molecular complexity index is 767. The largest absolute Gasteiger partial charge is 0.322 e. The minimum absolute atomic E-state index is 0.000249. The molecule has 0 bridgehead atoms. The summed E-state index contributed by atoms with van der Waals surface area (Å²) in [7, 11) is 0. The summed E-state index contributed by atoms with van der Waals surface area (Å²) in [5.74, 6) is -0.263. The Hall–Kier alpha value is -2.95. The van der Waals surface area contributed by atoms with E-state index in [9.17, 15) is 14.9 Å². The highest BCUT2D eigenvalue weighted by molar-refractivity contribution is 6.02. The topological polar surface area (TPSA) is 72.2 Å². The van der Waals surface area contributed by atoms with Crippen LogP contribution >= 0.6 is 0 Å². The third-order valence-electron chi connectivity index (χ3n) is 3.50. The number of carbonyl (C=O) groups excluding carboxylic acids is 1. The summed E-state index contributed by atoms with van der Waals surface area (Å²) < 4.78 is 0. The molecule has 1 N–H and O–H groups in total. The molecule has 0 saturated heterocycles. The predicted octanol–water partition coefficient (Wildman–Crippen LogP) is 4.12. The molecule has 0 spiro atoms. The number of non-ortho nitro benzene ring substituents is 1. The minimum atomic E-state index is -0.460. The van der Waals surface area contributed by atoms with Crippen molar-refractivity contribution in [3.05, 3.63) is 75.3 Å². The number of nitro groups is 1. The van der Waals surface area contributed by atoms with E-state index in [2.05, 4.69) is 5.32 Å². The standard InChI is InChI=1S/C18H18N2O3/c1-3-15-8-4-6-13(2)18(15)19-17(21)11-10-14-7-5-9-16(12-14)20(22)23/h4-12H,3H2,1-2H3,(H,19,21). The van der Waals surface area contributed by atoms with Crippen molar-refractivity contribution in [2.24, 2.45) is 0 Å². The summed E-state index contributed by atoms with van der Waals surface area (Å²) >= 11 is 0. The first-order chi connectivity index (χ1) is 11.0. The maximum atomic E-state index is 12.1. The lowest BCUT2D eigenvalue weighted by atomic mass is 10.1. The number of aryl methyl sites for hydroxylation is 2. The van der Waals surface area contributed by atoms with Crippen molar-refractivity contribution in [3.8, 4) is 0 Å². The lowest BCUT2D eigenvalue weighted by Crippen LogP contribution is -2.11. The number of nitro benzene ring substituents is 1. The summed E-state index contributed by atoms with van der Waals surface area (Å²) in [5.41, 5.74) is 3.50. The van der Waals surface area contributed by atoms with Gasteiger partial charge in [-0.15, -0.1) is 0 Å². The van der Waals surface area contributed by atoms with E-state index in [4.69, 9.17) is 0 Å². The lowest BCUT2D eigenvalue weighted by Gasteiger charge is -2.11. The number of carbonyl (C=O) groups is 1. The highest BCUT2D eigenvalue weighted by Gasteiger charge is 2.07. The van der Waals surface area contributed by atoms with Crippen LogP contribution in [0.15, 0.2) is 48.5 Å². The molecule has 0 unspecified atom stereocenters. The maximum Gasteiger partial charge on any atom is 0.270 e. The van der Waals surface area contributed by atoms with Crippen LogP contribution in [0.4, 0.5) is 11.4 Å². The van der Waals surface area contributed by atoms with Gasteiger partial charge in [0, 0.05) is 23.9 Å². The molecule has 2 aromatic carbocycles. The maximum absolute atomic E-state index is 12.1. The molecule has 0 radical (unpaired) electrons. The molecule has 2 aromatic rings. The molecule has 23 heavy (non-hydrogen) atoms. The third-order valence-corrected chi connectivity index (χ3v) is 3.50. The van der Waals surface area contributed by atoms with Crippen LogP contribution < -0.4 is 5.32 Å². The zero-order chi connectivity index (χ0) is 16.8. The molecule has 0 aromatic heterocycles. The number of para-hydroxylation sites is 1. The van der Waals surface area contributed by atoms with Gasteiger partial charge in [0.2, 0.25) is 5.91 Å². The lowest BCUT2D eigenvalue weighted by molar-refractivity contribution is -0.384. The molecule has 5 nitrogen and oxygen atoms in total. The smallest absolute Gasteiger partial charge is 0.270 e. The van der Waals surface area contributed by atoms with Gasteiger partial charge in [-0.05, 0) is 36.1 Å². The fourth-order valence-electron chi connectivity index (χ4n) is 2.28. The molecule has 5 heteroatoms. The van der Waals surface area contributed by atoms with Gasteiger partial charge >= 0.3 is 0 Å². The summed E-state index contributed by atoms with van der Waals surface area (Å²) in [6.07, 6.45) is 3.77. The second kappa shape index (κ2) is 7.35. The number of nitrogens with zero attached hydrogens (tertiary/aromatic N) is 1. The van der Waals surface area contributed by atoms with E-state index in [1.807, 2.05) is 32.0 Å². The van der Waals surface area contributed by atoms with Gasteiger partial charge in [-0.25, -0.2) is 0 Å². The zero-order valence-electron chi connectivity index (χ0n) is 13.1. The van der Waals surface area contributed by atoms with Crippen molar-refractivity contribution in [2.45, 2.75) is 20.3 Å². The van der Waals surface area contributed by atoms with Crippen LogP contribution in [0.25, 0.3) is 6.08 Å². The first-order valence-corrected chi connectivity index (χ1v) is 7.33. The SMILES string of the molecule is CCc1cccc(C)c1NC(=O)C=Cc1cccc([N+](=O)[O-])c1. The van der Waals surface area contributed by atoms with Crippen LogP contribution in [0.5, 0.6) is 0 Å². The molecule has 2 rings (SSSR count). The molecule has 1 amide bonds. The summed E-state index contributed by atoms with van der Waals surface area (Å²) in [4.78, 5) is 22.4. The molecule has 0 aliphatic carbocycles. The van der Waals surface area contributed by atoms with Gasteiger partial charge in [0.05, 0.1) is 4.92 Å². The average Bonchev–Trinajstić information content (AvgIpc) is 2.55. The Kier molecular flexibility index (Phi) is 5.25. The monoisotopic (exact) mass is 310 g/mol. The van der Waals surface area contributed by atoms with Gasteiger partial charge in [0.25, 0.3) is 5.69 Å². The van der Waals surface area contributed by atoms with Gasteiger partial charge in [0.15, 0.2) is 0 Å². The van der Waals surface area contributed by atoms with Crippen LogP contribution in [0.1, 0.15) is 23.6 Å². The number of hydrogen-bond acceptors (Lipinski definition) is 3. The Balaban J connectivity index is 2.14. The van der Waals surface area contributed by atoms with Crippen LogP contribution in [-0.2, 0) is 11.2 Å². The number of benzene rings is 2. The number of anilines is 1. The van der Waals surface area contributed by atoms with Crippen molar-refractivity contribution in [3.63, 3.8) is 0 Å². The van der Waals surface area contributed by atoms with Gasteiger partial charge in [0.1, 0.15) is 0 Å². The van der Waals surface area contributed by atoms with E-state index in [1.165, 1.54) is 18.2 Å². The van der Waals surface area contributed by atoms with Crippen LogP contribution in [0.3, 0.4) is 0 Å². The molecule has 118 valence electrons. The molecule has 0 saturated carbocycles. The van der Waals surface area contributed by atoms with Crippen molar-refractivity contribution >= 4 is 23.4 Å². The van der Waals surface area contributed by atoms with E-state index < -0.39 is 4.92 Å². The van der Waals surface area contributed by atoms with E-state index in [0.717, 1.165) is 23.2 Å². The van der Waals surface area contributed by atoms with E-state index in [1.54, 1.807) is 18.2 Å². The van der Waals surface area contributed by atoms with Crippen LogP contribution in [0, 0.1) is 17.0 Å². The number of amides is 1. The van der Waals surface area contributed by atoms with Crippen molar-refractivity contribution in [1.29, 1.82) is 0 Å². The molecule has 0 aliphatic heterocycles. The molecule has 0 heterocycles. The van der Waals surface area contributed by atoms with E-state index in [0.29, 0.717) is 5.56 Å².